The summed E-state index contributed by atoms with van der Waals surface area (Å²) in [5, 5.41) is 14.7. The van der Waals surface area contributed by atoms with Gasteiger partial charge in [0.15, 0.2) is 0 Å². The lowest BCUT2D eigenvalue weighted by Gasteiger charge is -2.07. The first-order chi connectivity index (χ1) is 9.06. The molecule has 1 N–H and O–H groups in total. The first-order valence-electron chi connectivity index (χ1n) is 5.48. The van der Waals surface area contributed by atoms with Crippen LogP contribution in [0.25, 0.3) is 0 Å². The van der Waals surface area contributed by atoms with E-state index < -0.39 is 4.92 Å². The second-order valence-corrected chi connectivity index (χ2v) is 5.19. The quantitative estimate of drug-likeness (QED) is 0.652. The van der Waals surface area contributed by atoms with Gasteiger partial charge in [-0.2, -0.15) is 0 Å². The van der Waals surface area contributed by atoms with Crippen LogP contribution in [0, 0.1) is 10.1 Å². The molecule has 0 heterocycles. The normalized spacial score (nSPS) is 10.2. The number of nitrogens with one attached hydrogen (secondary N) is 1. The highest BCUT2D eigenvalue weighted by Gasteiger charge is 2.11. The van der Waals surface area contributed by atoms with E-state index in [9.17, 15) is 10.1 Å². The van der Waals surface area contributed by atoms with Crippen LogP contribution in [-0.2, 0) is 6.54 Å². The average molecular weight is 342 g/mol. The Morgan fingerprint density at radius 2 is 1.89 bits per heavy atom. The molecule has 0 bridgehead atoms. The Hall–Kier alpha value is -1.59. The van der Waals surface area contributed by atoms with Gasteiger partial charge in [0.05, 0.1) is 9.40 Å². The molecule has 0 amide bonds. The van der Waals surface area contributed by atoms with Gasteiger partial charge in [0, 0.05) is 23.3 Å². The van der Waals surface area contributed by atoms with Crippen LogP contribution in [0.4, 0.5) is 11.4 Å². The summed E-state index contributed by atoms with van der Waals surface area (Å²) >= 11 is 8.95. The second-order valence-electron chi connectivity index (χ2n) is 3.90. The van der Waals surface area contributed by atoms with Gasteiger partial charge in [-0.15, -0.1) is 0 Å². The number of benzene rings is 2. The van der Waals surface area contributed by atoms with E-state index in [-0.39, 0.29) is 5.69 Å². The maximum absolute atomic E-state index is 10.8. The number of halogens is 2. The molecule has 0 aliphatic rings. The van der Waals surface area contributed by atoms with E-state index in [0.717, 1.165) is 11.3 Å². The van der Waals surface area contributed by atoms with Crippen LogP contribution in [0.15, 0.2) is 46.9 Å². The average Bonchev–Trinajstić information content (AvgIpc) is 2.39. The van der Waals surface area contributed by atoms with Crippen LogP contribution in [0.2, 0.25) is 5.02 Å². The van der Waals surface area contributed by atoms with Gasteiger partial charge in [-0.25, -0.2) is 0 Å². The number of rotatable bonds is 4. The Bertz CT molecular complexity index is 602. The molecule has 0 saturated heterocycles. The minimum atomic E-state index is -0.407. The highest BCUT2D eigenvalue weighted by molar-refractivity contribution is 9.10. The highest BCUT2D eigenvalue weighted by atomic mass is 79.9. The van der Waals surface area contributed by atoms with Crippen molar-refractivity contribution in [2.45, 2.75) is 6.54 Å². The molecular formula is C13H10BrClN2O2. The van der Waals surface area contributed by atoms with Gasteiger partial charge < -0.3 is 5.32 Å². The highest BCUT2D eigenvalue weighted by Crippen LogP contribution is 2.26. The Morgan fingerprint density at radius 1 is 1.21 bits per heavy atom. The predicted molar refractivity (Wildman–Crippen MR) is 79.6 cm³/mol. The molecule has 0 aliphatic heterocycles. The van der Waals surface area contributed by atoms with Crippen molar-refractivity contribution in [3.05, 3.63) is 67.6 Å². The van der Waals surface area contributed by atoms with Crippen LogP contribution in [0.5, 0.6) is 0 Å². The number of nitro groups is 1. The summed E-state index contributed by atoms with van der Waals surface area (Å²) in [5.74, 6) is 0. The third kappa shape index (κ3) is 3.68. The molecule has 2 rings (SSSR count). The largest absolute Gasteiger partial charge is 0.381 e. The fraction of sp³-hybridized carbons (Fsp3) is 0.0769. The summed E-state index contributed by atoms with van der Waals surface area (Å²) in [5.41, 5.74) is 1.82. The van der Waals surface area contributed by atoms with Gasteiger partial charge in [0.25, 0.3) is 5.69 Å². The fourth-order valence-corrected chi connectivity index (χ4v) is 2.10. The van der Waals surface area contributed by atoms with Gasteiger partial charge in [-0.1, -0.05) is 17.7 Å². The molecule has 6 heteroatoms. The van der Waals surface area contributed by atoms with E-state index in [1.807, 2.05) is 18.2 Å². The molecule has 0 radical (unpaired) electrons. The van der Waals surface area contributed by atoms with Crippen molar-refractivity contribution in [1.29, 1.82) is 0 Å². The first-order valence-corrected chi connectivity index (χ1v) is 6.65. The zero-order valence-electron chi connectivity index (χ0n) is 9.77. The van der Waals surface area contributed by atoms with Crippen LogP contribution in [0.1, 0.15) is 5.56 Å². The smallest absolute Gasteiger partial charge is 0.283 e. The molecule has 0 atom stereocenters. The van der Waals surface area contributed by atoms with Crippen molar-refractivity contribution in [2.75, 3.05) is 5.32 Å². The molecule has 98 valence electrons. The summed E-state index contributed by atoms with van der Waals surface area (Å²) in [6.45, 7) is 0.510. The topological polar surface area (TPSA) is 55.2 Å². The fourth-order valence-electron chi connectivity index (χ4n) is 1.58. The van der Waals surface area contributed by atoms with Crippen molar-refractivity contribution in [2.24, 2.45) is 0 Å². The lowest BCUT2D eigenvalue weighted by atomic mass is 10.2. The van der Waals surface area contributed by atoms with Crippen LogP contribution in [0.3, 0.4) is 0 Å². The maximum Gasteiger partial charge on any atom is 0.283 e. The minimum Gasteiger partial charge on any atom is -0.381 e. The second kappa shape index (κ2) is 6.04. The SMILES string of the molecule is O=[N+]([O-])c1cc(CNc2ccc(Cl)cc2)ccc1Br. The molecule has 19 heavy (non-hydrogen) atoms. The van der Waals surface area contributed by atoms with Crippen molar-refractivity contribution in [3.8, 4) is 0 Å². The molecule has 2 aromatic rings. The van der Waals surface area contributed by atoms with Crippen molar-refractivity contribution < 1.29 is 4.92 Å². The molecule has 0 aliphatic carbocycles. The van der Waals surface area contributed by atoms with Crippen LogP contribution < -0.4 is 5.32 Å². The number of nitrogens with zero attached hydrogens (tertiary/aromatic N) is 1. The van der Waals surface area contributed by atoms with Gasteiger partial charge in [0.2, 0.25) is 0 Å². The van der Waals surface area contributed by atoms with Gasteiger partial charge in [-0.05, 0) is 51.8 Å². The summed E-state index contributed by atoms with van der Waals surface area (Å²) in [4.78, 5) is 10.4. The van der Waals surface area contributed by atoms with E-state index in [1.165, 1.54) is 0 Å². The number of nitro benzene ring substituents is 1. The lowest BCUT2D eigenvalue weighted by molar-refractivity contribution is -0.385. The molecule has 0 aromatic heterocycles. The Kier molecular flexibility index (Phi) is 4.39. The van der Waals surface area contributed by atoms with Crippen LogP contribution in [-0.4, -0.2) is 4.92 Å². The monoisotopic (exact) mass is 340 g/mol. The van der Waals surface area contributed by atoms with Gasteiger partial charge >= 0.3 is 0 Å². The van der Waals surface area contributed by atoms with Gasteiger partial charge in [0.1, 0.15) is 0 Å². The third-order valence-corrected chi connectivity index (χ3v) is 3.47. The van der Waals surface area contributed by atoms with Gasteiger partial charge in [-0.3, -0.25) is 10.1 Å². The van der Waals surface area contributed by atoms with E-state index in [0.29, 0.717) is 16.0 Å². The Balaban J connectivity index is 2.09. The molecule has 4 nitrogen and oxygen atoms in total. The zero-order chi connectivity index (χ0) is 13.8. The minimum absolute atomic E-state index is 0.0652. The Labute approximate surface area is 123 Å². The molecule has 0 spiro atoms. The number of hydrogen-bond donors (Lipinski definition) is 1. The van der Waals surface area contributed by atoms with E-state index in [1.54, 1.807) is 24.3 Å². The third-order valence-electron chi connectivity index (χ3n) is 2.55. The first kappa shape index (κ1) is 13.8. The van der Waals surface area contributed by atoms with Crippen molar-refractivity contribution in [1.82, 2.24) is 0 Å². The number of hydrogen-bond acceptors (Lipinski definition) is 3. The summed E-state index contributed by atoms with van der Waals surface area (Å²) < 4.78 is 0.479. The Morgan fingerprint density at radius 3 is 2.53 bits per heavy atom. The van der Waals surface area contributed by atoms with Crippen molar-refractivity contribution >= 4 is 38.9 Å². The van der Waals surface area contributed by atoms with E-state index >= 15 is 0 Å². The summed E-state index contributed by atoms with van der Waals surface area (Å²) in [6, 6.07) is 12.3. The number of anilines is 1. The predicted octanol–water partition coefficient (Wildman–Crippen LogP) is 4.62. The molecular weight excluding hydrogens is 332 g/mol. The summed E-state index contributed by atoms with van der Waals surface area (Å²) in [7, 11) is 0. The standard InChI is InChI=1S/C13H10BrClN2O2/c14-12-6-1-9(7-13(12)17(18)19)8-16-11-4-2-10(15)3-5-11/h1-7,16H,8H2. The zero-order valence-corrected chi connectivity index (χ0v) is 12.1. The lowest BCUT2D eigenvalue weighted by Crippen LogP contribution is -2.00. The van der Waals surface area contributed by atoms with Crippen molar-refractivity contribution in [3.63, 3.8) is 0 Å². The van der Waals surface area contributed by atoms with E-state index in [2.05, 4.69) is 21.2 Å². The molecule has 0 fully saturated rings. The molecule has 2 aromatic carbocycles. The maximum atomic E-state index is 10.8. The summed E-state index contributed by atoms with van der Waals surface area (Å²) in [6.07, 6.45) is 0. The van der Waals surface area contributed by atoms with Crippen LogP contribution >= 0.6 is 27.5 Å². The molecule has 0 unspecified atom stereocenters. The van der Waals surface area contributed by atoms with E-state index in [4.69, 9.17) is 11.6 Å². The molecule has 0 saturated carbocycles.